The Morgan fingerprint density at radius 3 is 2.04 bits per heavy atom. The Kier molecular flexibility index (Phi) is 13.6. The Hall–Kier alpha value is -4.95. The van der Waals surface area contributed by atoms with Gasteiger partial charge in [-0.1, -0.05) is 91.0 Å². The van der Waals surface area contributed by atoms with Crippen molar-refractivity contribution in [2.75, 3.05) is 13.2 Å². The van der Waals surface area contributed by atoms with Gasteiger partial charge in [-0.15, -0.1) is 13.2 Å². The number of allylic oxidation sites excluding steroid dienone is 2. The fourth-order valence-electron chi connectivity index (χ4n) is 5.75. The summed E-state index contributed by atoms with van der Waals surface area (Å²) in [6.45, 7) is 7.35. The topological polar surface area (TPSA) is 121 Å². The van der Waals surface area contributed by atoms with Crippen LogP contribution in [0.5, 0.6) is 0 Å². The standard InChI is InChI=1S/C39H45N3O5/c1-3-13-30(24-37(44)41-33(26-43)22-29-17-9-6-10-18-29)38(45)42-34(23-32-25-40-36-20-12-11-19-35(32)36)27-47-39(46)31(14-4-2)21-28-15-7-5-8-16-28/h3-12,15-20,25,30-31,33-34,40,43H,1-2,13-14,21-24,26-27H2,(H,41,44)(H,42,45)/t30-,31+,33+,34-/m0/s1. The molecule has 0 unspecified atom stereocenters. The number of H-pyrrole nitrogens is 1. The second kappa shape index (κ2) is 18.3. The molecule has 3 aromatic carbocycles. The van der Waals surface area contributed by atoms with Crippen molar-refractivity contribution in [3.63, 3.8) is 0 Å². The lowest BCUT2D eigenvalue weighted by atomic mass is 9.96. The zero-order chi connectivity index (χ0) is 33.4. The van der Waals surface area contributed by atoms with E-state index in [-0.39, 0.29) is 43.8 Å². The number of para-hydroxylation sites is 1. The first-order chi connectivity index (χ1) is 22.9. The third kappa shape index (κ3) is 10.8. The van der Waals surface area contributed by atoms with Crippen molar-refractivity contribution in [3.8, 4) is 0 Å². The van der Waals surface area contributed by atoms with Crippen molar-refractivity contribution in [1.82, 2.24) is 15.6 Å². The van der Waals surface area contributed by atoms with E-state index in [2.05, 4.69) is 28.8 Å². The average Bonchev–Trinajstić information content (AvgIpc) is 3.49. The molecule has 0 saturated heterocycles. The number of benzene rings is 3. The molecule has 1 heterocycles. The molecule has 0 saturated carbocycles. The van der Waals surface area contributed by atoms with Gasteiger partial charge >= 0.3 is 5.97 Å². The van der Waals surface area contributed by atoms with Crippen molar-refractivity contribution in [3.05, 3.63) is 133 Å². The Bertz CT molecular complexity index is 1600. The summed E-state index contributed by atoms with van der Waals surface area (Å²) in [6, 6.07) is 26.2. The van der Waals surface area contributed by atoms with E-state index in [1.807, 2.05) is 91.1 Å². The van der Waals surface area contributed by atoms with Crippen LogP contribution in [0.1, 0.15) is 36.0 Å². The van der Waals surface area contributed by atoms with Crippen LogP contribution in [-0.4, -0.2) is 53.2 Å². The molecule has 0 aliphatic rings. The highest BCUT2D eigenvalue weighted by molar-refractivity contribution is 5.87. The summed E-state index contributed by atoms with van der Waals surface area (Å²) in [6.07, 6.45) is 7.28. The van der Waals surface area contributed by atoms with Crippen LogP contribution in [-0.2, 0) is 38.4 Å². The molecular formula is C39H45N3O5. The highest BCUT2D eigenvalue weighted by Gasteiger charge is 2.27. The van der Waals surface area contributed by atoms with E-state index >= 15 is 0 Å². The van der Waals surface area contributed by atoms with Gasteiger partial charge in [0.25, 0.3) is 0 Å². The fraction of sp³-hybridized carbons (Fsp3) is 0.308. The lowest BCUT2D eigenvalue weighted by molar-refractivity contribution is -0.149. The molecular weight excluding hydrogens is 590 g/mol. The molecule has 246 valence electrons. The zero-order valence-electron chi connectivity index (χ0n) is 26.8. The summed E-state index contributed by atoms with van der Waals surface area (Å²) in [4.78, 5) is 43.3. The number of hydrogen-bond donors (Lipinski definition) is 4. The number of rotatable bonds is 19. The number of aliphatic hydroxyl groups is 1. The van der Waals surface area contributed by atoms with Crippen molar-refractivity contribution in [1.29, 1.82) is 0 Å². The molecule has 4 aromatic rings. The van der Waals surface area contributed by atoms with E-state index in [1.54, 1.807) is 12.2 Å². The molecule has 1 aromatic heterocycles. The van der Waals surface area contributed by atoms with Crippen LogP contribution in [0, 0.1) is 11.8 Å². The van der Waals surface area contributed by atoms with Gasteiger partial charge in [0, 0.05) is 23.5 Å². The normalized spacial score (nSPS) is 13.6. The molecule has 2 amide bonds. The number of aliphatic hydroxyl groups excluding tert-OH is 1. The van der Waals surface area contributed by atoms with Crippen molar-refractivity contribution < 1.29 is 24.2 Å². The summed E-state index contributed by atoms with van der Waals surface area (Å²) in [5, 5.41) is 16.8. The van der Waals surface area contributed by atoms with E-state index in [0.717, 1.165) is 27.6 Å². The van der Waals surface area contributed by atoms with Crippen molar-refractivity contribution in [2.24, 2.45) is 11.8 Å². The molecule has 0 aliphatic heterocycles. The van der Waals surface area contributed by atoms with Crippen LogP contribution in [0.3, 0.4) is 0 Å². The largest absolute Gasteiger partial charge is 0.463 e. The SMILES string of the molecule is C=CC[C@@H](CC(=O)N[C@@H](CO)Cc1ccccc1)C(=O)N[C@H](COC(=O)[C@H](CC=C)Cc1ccccc1)Cc1c[nH]c2ccccc12. The molecule has 8 nitrogen and oxygen atoms in total. The van der Waals surface area contributed by atoms with E-state index in [4.69, 9.17) is 4.74 Å². The quantitative estimate of drug-likeness (QED) is 0.0804. The van der Waals surface area contributed by atoms with Crippen molar-refractivity contribution in [2.45, 2.75) is 50.6 Å². The molecule has 4 rings (SSSR count). The fourth-order valence-corrected chi connectivity index (χ4v) is 5.75. The summed E-state index contributed by atoms with van der Waals surface area (Å²) in [5.74, 6) is -2.14. The van der Waals surface area contributed by atoms with E-state index in [9.17, 15) is 19.5 Å². The molecule has 0 aliphatic carbocycles. The van der Waals surface area contributed by atoms with E-state index < -0.39 is 23.9 Å². The van der Waals surface area contributed by atoms with Gasteiger partial charge in [-0.25, -0.2) is 0 Å². The van der Waals surface area contributed by atoms with Crippen LogP contribution < -0.4 is 10.6 Å². The Morgan fingerprint density at radius 2 is 1.38 bits per heavy atom. The second-order valence-electron chi connectivity index (χ2n) is 11.9. The first kappa shape index (κ1) is 34.9. The molecule has 0 spiro atoms. The number of hydrogen-bond acceptors (Lipinski definition) is 5. The van der Waals surface area contributed by atoms with Crippen LogP contribution in [0.15, 0.2) is 116 Å². The Morgan fingerprint density at radius 1 is 0.766 bits per heavy atom. The maximum atomic E-state index is 13.7. The molecule has 0 radical (unpaired) electrons. The van der Waals surface area contributed by atoms with Crippen LogP contribution in [0.25, 0.3) is 10.9 Å². The van der Waals surface area contributed by atoms with E-state index in [1.165, 1.54) is 0 Å². The van der Waals surface area contributed by atoms with Gasteiger partial charge in [-0.3, -0.25) is 14.4 Å². The maximum absolute atomic E-state index is 13.7. The first-order valence-electron chi connectivity index (χ1n) is 16.1. The molecule has 4 N–H and O–H groups in total. The van der Waals surface area contributed by atoms with Crippen LogP contribution in [0.4, 0.5) is 0 Å². The number of amides is 2. The van der Waals surface area contributed by atoms with Crippen molar-refractivity contribution >= 4 is 28.7 Å². The Labute approximate surface area is 276 Å². The predicted molar refractivity (Wildman–Crippen MR) is 185 cm³/mol. The van der Waals surface area contributed by atoms with Gasteiger partial charge in [0.1, 0.15) is 6.61 Å². The van der Waals surface area contributed by atoms with Gasteiger partial charge in [0.05, 0.1) is 30.5 Å². The minimum absolute atomic E-state index is 0.0385. The number of carbonyl (C=O) groups excluding carboxylic acids is 3. The number of esters is 1. The minimum atomic E-state index is -0.698. The zero-order valence-corrected chi connectivity index (χ0v) is 26.8. The monoisotopic (exact) mass is 635 g/mol. The summed E-state index contributed by atoms with van der Waals surface area (Å²) in [5.41, 5.74) is 3.95. The van der Waals surface area contributed by atoms with E-state index in [0.29, 0.717) is 25.7 Å². The smallest absolute Gasteiger partial charge is 0.309 e. The van der Waals surface area contributed by atoms with Gasteiger partial charge in [-0.05, 0) is 54.9 Å². The molecule has 4 atom stereocenters. The van der Waals surface area contributed by atoms with Gasteiger partial charge < -0.3 is 25.5 Å². The maximum Gasteiger partial charge on any atom is 0.309 e. The number of fused-ring (bicyclic) bond motifs is 1. The summed E-state index contributed by atoms with van der Waals surface area (Å²) in [7, 11) is 0. The van der Waals surface area contributed by atoms with Gasteiger partial charge in [0.2, 0.25) is 11.8 Å². The summed E-state index contributed by atoms with van der Waals surface area (Å²) >= 11 is 0. The molecule has 0 bridgehead atoms. The number of carbonyl (C=O) groups is 3. The number of ether oxygens (including phenoxy) is 1. The Balaban J connectivity index is 1.45. The van der Waals surface area contributed by atoms with Crippen LogP contribution in [0.2, 0.25) is 0 Å². The van der Waals surface area contributed by atoms with Gasteiger partial charge in [-0.2, -0.15) is 0 Å². The average molecular weight is 636 g/mol. The highest BCUT2D eigenvalue weighted by atomic mass is 16.5. The third-order valence-electron chi connectivity index (χ3n) is 8.19. The summed E-state index contributed by atoms with van der Waals surface area (Å²) < 4.78 is 5.86. The molecule has 0 fully saturated rings. The second-order valence-corrected chi connectivity index (χ2v) is 11.9. The predicted octanol–water partition coefficient (Wildman–Crippen LogP) is 5.48. The minimum Gasteiger partial charge on any atom is -0.463 e. The lowest BCUT2D eigenvalue weighted by Crippen LogP contribution is -2.45. The third-order valence-corrected chi connectivity index (χ3v) is 8.19. The van der Waals surface area contributed by atoms with Crippen LogP contribution >= 0.6 is 0 Å². The highest BCUT2D eigenvalue weighted by Crippen LogP contribution is 2.21. The molecule has 47 heavy (non-hydrogen) atoms. The number of aromatic amines is 1. The van der Waals surface area contributed by atoms with Gasteiger partial charge in [0.15, 0.2) is 0 Å². The lowest BCUT2D eigenvalue weighted by Gasteiger charge is -2.24. The first-order valence-corrected chi connectivity index (χ1v) is 16.1. The molecule has 8 heteroatoms. The number of nitrogens with one attached hydrogen (secondary N) is 3. The number of aromatic nitrogens is 1.